The van der Waals surface area contributed by atoms with Crippen molar-refractivity contribution >= 4 is 10.0 Å². The van der Waals surface area contributed by atoms with E-state index in [4.69, 9.17) is 0 Å². The molecule has 1 aromatic heterocycles. The highest BCUT2D eigenvalue weighted by atomic mass is 32.2. The lowest BCUT2D eigenvalue weighted by atomic mass is 10.0. The molecule has 5 nitrogen and oxygen atoms in total. The van der Waals surface area contributed by atoms with Crippen LogP contribution >= 0.6 is 0 Å². The molecule has 0 radical (unpaired) electrons. The lowest BCUT2D eigenvalue weighted by molar-refractivity contribution is 0.270. The maximum Gasteiger partial charge on any atom is 0.242 e. The fraction of sp³-hybridized carbons (Fsp3) is 0.714. The first-order valence-electron chi connectivity index (χ1n) is 7.14. The number of aromatic nitrogens is 1. The second-order valence-electron chi connectivity index (χ2n) is 6.20. The highest BCUT2D eigenvalue weighted by Gasteiger charge is 2.30. The van der Waals surface area contributed by atoms with E-state index in [9.17, 15) is 13.5 Å². The molecule has 0 aromatic carbocycles. The third-order valence-electron chi connectivity index (χ3n) is 3.61. The van der Waals surface area contributed by atoms with Gasteiger partial charge in [-0.25, -0.2) is 13.1 Å². The molecule has 0 bridgehead atoms. The van der Waals surface area contributed by atoms with Gasteiger partial charge in [-0.2, -0.15) is 0 Å². The van der Waals surface area contributed by atoms with E-state index in [0.717, 1.165) is 25.7 Å². The number of sulfonamides is 1. The van der Waals surface area contributed by atoms with Crippen molar-refractivity contribution in [3.8, 4) is 0 Å². The molecule has 1 fully saturated rings. The molecule has 0 spiro atoms. The van der Waals surface area contributed by atoms with E-state index in [1.807, 2.05) is 25.3 Å². The maximum atomic E-state index is 12.4. The third kappa shape index (κ3) is 3.42. The standard InChI is InChI=1S/C14H24N2O3S/c1-4-7-14(2,3)15-20(18,19)13-8-12(10-17)16(9-13)11-5-6-11/h8-9,11,15,17H,4-7,10H2,1-3H3. The molecular formula is C14H24N2O3S. The van der Waals surface area contributed by atoms with Gasteiger partial charge in [-0.3, -0.25) is 0 Å². The van der Waals surface area contributed by atoms with Crippen molar-refractivity contribution in [2.75, 3.05) is 0 Å². The quantitative estimate of drug-likeness (QED) is 0.810. The van der Waals surface area contributed by atoms with Crippen molar-refractivity contribution in [2.24, 2.45) is 0 Å². The smallest absolute Gasteiger partial charge is 0.242 e. The molecule has 1 saturated carbocycles. The van der Waals surface area contributed by atoms with Gasteiger partial charge in [0.05, 0.1) is 6.61 Å². The van der Waals surface area contributed by atoms with Crippen molar-refractivity contribution in [3.63, 3.8) is 0 Å². The van der Waals surface area contributed by atoms with Crippen molar-refractivity contribution in [3.05, 3.63) is 18.0 Å². The lowest BCUT2D eigenvalue weighted by Crippen LogP contribution is -2.43. The van der Waals surface area contributed by atoms with E-state index in [-0.39, 0.29) is 11.5 Å². The summed E-state index contributed by atoms with van der Waals surface area (Å²) >= 11 is 0. The minimum absolute atomic E-state index is 0.135. The second kappa shape index (κ2) is 5.50. The molecule has 1 aliphatic rings. The first kappa shape index (κ1) is 15.5. The summed E-state index contributed by atoms with van der Waals surface area (Å²) in [5.74, 6) is 0. The van der Waals surface area contributed by atoms with Crippen LogP contribution in [0.25, 0.3) is 0 Å². The van der Waals surface area contributed by atoms with Crippen LogP contribution in [0, 0.1) is 0 Å². The van der Waals surface area contributed by atoms with Crippen LogP contribution in [0.5, 0.6) is 0 Å². The number of hydrogen-bond acceptors (Lipinski definition) is 3. The Balaban J connectivity index is 2.25. The van der Waals surface area contributed by atoms with Gasteiger partial charge < -0.3 is 9.67 Å². The summed E-state index contributed by atoms with van der Waals surface area (Å²) in [4.78, 5) is 0.248. The zero-order chi connectivity index (χ0) is 15.0. The van der Waals surface area contributed by atoms with Crippen LogP contribution in [0.1, 0.15) is 58.2 Å². The summed E-state index contributed by atoms with van der Waals surface area (Å²) in [7, 11) is -3.54. The Kier molecular flexibility index (Phi) is 4.27. The molecule has 0 atom stereocenters. The molecule has 20 heavy (non-hydrogen) atoms. The van der Waals surface area contributed by atoms with Crippen molar-refractivity contribution < 1.29 is 13.5 Å². The van der Waals surface area contributed by atoms with E-state index in [0.29, 0.717) is 11.7 Å². The van der Waals surface area contributed by atoms with Crippen LogP contribution in [0.4, 0.5) is 0 Å². The largest absolute Gasteiger partial charge is 0.390 e. The number of nitrogens with one attached hydrogen (secondary N) is 1. The fourth-order valence-corrected chi connectivity index (χ4v) is 4.05. The van der Waals surface area contributed by atoms with Crippen LogP contribution in [-0.2, 0) is 16.6 Å². The van der Waals surface area contributed by atoms with E-state index >= 15 is 0 Å². The number of rotatable bonds is 7. The average Bonchev–Trinajstić information content (AvgIpc) is 3.06. The summed E-state index contributed by atoms with van der Waals surface area (Å²) in [5.41, 5.74) is 0.204. The Labute approximate surface area is 121 Å². The van der Waals surface area contributed by atoms with Gasteiger partial charge in [-0.15, -0.1) is 0 Å². The zero-order valence-corrected chi connectivity index (χ0v) is 13.2. The molecule has 0 saturated heterocycles. The molecule has 1 aromatic rings. The van der Waals surface area contributed by atoms with E-state index < -0.39 is 15.6 Å². The van der Waals surface area contributed by atoms with Gasteiger partial charge in [0.2, 0.25) is 10.0 Å². The lowest BCUT2D eigenvalue weighted by Gasteiger charge is -2.25. The van der Waals surface area contributed by atoms with Gasteiger partial charge in [0.15, 0.2) is 0 Å². The SMILES string of the molecule is CCCC(C)(C)NS(=O)(=O)c1cc(CO)n(C2CC2)c1. The van der Waals surface area contributed by atoms with Gasteiger partial charge in [-0.1, -0.05) is 13.3 Å². The number of hydrogen-bond donors (Lipinski definition) is 2. The molecule has 0 aliphatic heterocycles. The van der Waals surface area contributed by atoms with Crippen LogP contribution < -0.4 is 4.72 Å². The summed E-state index contributed by atoms with van der Waals surface area (Å²) in [6, 6.07) is 1.92. The van der Waals surface area contributed by atoms with Crippen molar-refractivity contribution in [1.82, 2.24) is 9.29 Å². The maximum absolute atomic E-state index is 12.4. The fourth-order valence-electron chi connectivity index (χ4n) is 2.56. The van der Waals surface area contributed by atoms with Crippen molar-refractivity contribution in [2.45, 2.75) is 69.5 Å². The van der Waals surface area contributed by atoms with Crippen LogP contribution in [-0.4, -0.2) is 23.6 Å². The molecule has 2 rings (SSSR count). The minimum atomic E-state index is -3.54. The van der Waals surface area contributed by atoms with Gasteiger partial charge in [0.1, 0.15) is 4.90 Å². The summed E-state index contributed by atoms with van der Waals surface area (Å²) in [5, 5.41) is 9.35. The molecule has 2 N–H and O–H groups in total. The van der Waals surface area contributed by atoms with Gasteiger partial charge in [-0.05, 0) is 39.2 Å². The zero-order valence-electron chi connectivity index (χ0n) is 12.4. The normalized spacial score (nSPS) is 16.6. The van der Waals surface area contributed by atoms with Crippen LogP contribution in [0.3, 0.4) is 0 Å². The Morgan fingerprint density at radius 3 is 2.60 bits per heavy atom. The molecule has 6 heteroatoms. The van der Waals surface area contributed by atoms with E-state index in [1.54, 1.807) is 12.3 Å². The Bertz CT molecular complexity index is 571. The predicted molar refractivity (Wildman–Crippen MR) is 77.9 cm³/mol. The first-order valence-corrected chi connectivity index (χ1v) is 8.63. The van der Waals surface area contributed by atoms with E-state index in [2.05, 4.69) is 4.72 Å². The number of aliphatic hydroxyl groups is 1. The monoisotopic (exact) mass is 300 g/mol. The second-order valence-corrected chi connectivity index (χ2v) is 7.89. The van der Waals surface area contributed by atoms with E-state index in [1.165, 1.54) is 0 Å². The molecule has 0 amide bonds. The van der Waals surface area contributed by atoms with Crippen molar-refractivity contribution in [1.29, 1.82) is 0 Å². The van der Waals surface area contributed by atoms with Crippen LogP contribution in [0.2, 0.25) is 0 Å². The molecule has 0 unspecified atom stereocenters. The molecular weight excluding hydrogens is 276 g/mol. The minimum Gasteiger partial charge on any atom is -0.390 e. The summed E-state index contributed by atoms with van der Waals surface area (Å²) < 4.78 is 29.5. The summed E-state index contributed by atoms with van der Waals surface area (Å²) in [6.45, 7) is 5.67. The summed E-state index contributed by atoms with van der Waals surface area (Å²) in [6.07, 6.45) is 5.45. The van der Waals surface area contributed by atoms with Gasteiger partial charge in [0, 0.05) is 23.5 Å². The molecule has 114 valence electrons. The number of nitrogens with zero attached hydrogens (tertiary/aromatic N) is 1. The Morgan fingerprint density at radius 1 is 1.45 bits per heavy atom. The highest BCUT2D eigenvalue weighted by molar-refractivity contribution is 7.89. The highest BCUT2D eigenvalue weighted by Crippen LogP contribution is 2.37. The van der Waals surface area contributed by atoms with Gasteiger partial charge >= 0.3 is 0 Å². The third-order valence-corrected chi connectivity index (χ3v) is 5.27. The number of aliphatic hydroxyl groups excluding tert-OH is 1. The topological polar surface area (TPSA) is 71.3 Å². The first-order chi connectivity index (χ1) is 9.29. The molecule has 1 heterocycles. The average molecular weight is 300 g/mol. The Morgan fingerprint density at radius 2 is 2.10 bits per heavy atom. The molecule has 1 aliphatic carbocycles. The Hall–Kier alpha value is -0.850. The predicted octanol–water partition coefficient (Wildman–Crippen LogP) is 2.17. The van der Waals surface area contributed by atoms with Gasteiger partial charge in [0.25, 0.3) is 0 Å². The van der Waals surface area contributed by atoms with Crippen LogP contribution in [0.15, 0.2) is 17.2 Å².